The van der Waals surface area contributed by atoms with Crippen LogP contribution in [0.25, 0.3) is 10.2 Å². The fraction of sp³-hybridized carbons (Fsp3) is 0.125. The molecule has 0 aliphatic carbocycles. The summed E-state index contributed by atoms with van der Waals surface area (Å²) >= 11 is 1.38. The number of benzene rings is 1. The molecule has 8 heteroatoms. The second-order valence-corrected chi connectivity index (χ2v) is 6.36. The first kappa shape index (κ1) is 14.6. The van der Waals surface area contributed by atoms with E-state index in [0.717, 1.165) is 11.3 Å². The third kappa shape index (κ3) is 2.56. The molecule has 0 radical (unpaired) electrons. The Bertz CT molecular complexity index is 1040. The SMILES string of the molecule is O=C(Cn1cnc2sccc2c1=O)Nc1ccc2c(c1)CC(=O)N2. The van der Waals surface area contributed by atoms with Crippen molar-refractivity contribution in [1.82, 2.24) is 9.55 Å². The minimum atomic E-state index is -0.328. The van der Waals surface area contributed by atoms with E-state index >= 15 is 0 Å². The Morgan fingerprint density at radius 2 is 2.21 bits per heavy atom. The zero-order valence-electron chi connectivity index (χ0n) is 12.4. The van der Waals surface area contributed by atoms with Crippen LogP contribution >= 0.6 is 11.3 Å². The fourth-order valence-electron chi connectivity index (χ4n) is 2.67. The van der Waals surface area contributed by atoms with Crippen LogP contribution in [-0.4, -0.2) is 21.4 Å². The number of amides is 2. The van der Waals surface area contributed by atoms with Gasteiger partial charge in [-0.05, 0) is 35.2 Å². The van der Waals surface area contributed by atoms with Crippen molar-refractivity contribution in [2.75, 3.05) is 10.6 Å². The zero-order valence-corrected chi connectivity index (χ0v) is 13.2. The molecule has 1 aliphatic rings. The van der Waals surface area contributed by atoms with E-state index in [1.54, 1.807) is 29.6 Å². The van der Waals surface area contributed by atoms with E-state index in [9.17, 15) is 14.4 Å². The van der Waals surface area contributed by atoms with Gasteiger partial charge in [0.2, 0.25) is 11.8 Å². The summed E-state index contributed by atoms with van der Waals surface area (Å²) in [6.45, 7) is -0.119. The topological polar surface area (TPSA) is 93.1 Å². The van der Waals surface area contributed by atoms with Gasteiger partial charge in [-0.25, -0.2) is 4.98 Å². The summed E-state index contributed by atoms with van der Waals surface area (Å²) in [5.41, 5.74) is 1.96. The van der Waals surface area contributed by atoms with Crippen LogP contribution in [0, 0.1) is 0 Å². The molecule has 1 aromatic carbocycles. The monoisotopic (exact) mass is 340 g/mol. The van der Waals surface area contributed by atoms with Gasteiger partial charge >= 0.3 is 0 Å². The number of carbonyl (C=O) groups is 2. The van der Waals surface area contributed by atoms with Crippen LogP contribution in [0.15, 0.2) is 40.8 Å². The second kappa shape index (κ2) is 5.57. The van der Waals surface area contributed by atoms with Crippen molar-refractivity contribution in [3.8, 4) is 0 Å². The van der Waals surface area contributed by atoms with Crippen LogP contribution in [0.5, 0.6) is 0 Å². The molecule has 24 heavy (non-hydrogen) atoms. The molecule has 3 heterocycles. The van der Waals surface area contributed by atoms with Crippen molar-refractivity contribution in [1.29, 1.82) is 0 Å². The van der Waals surface area contributed by atoms with Crippen LogP contribution in [0.4, 0.5) is 11.4 Å². The van der Waals surface area contributed by atoms with E-state index in [2.05, 4.69) is 15.6 Å². The normalized spacial score (nSPS) is 12.9. The maximum Gasteiger partial charge on any atom is 0.262 e. The summed E-state index contributed by atoms with van der Waals surface area (Å²) in [5, 5.41) is 7.78. The summed E-state index contributed by atoms with van der Waals surface area (Å²) in [7, 11) is 0. The molecular weight excluding hydrogens is 328 g/mol. The average Bonchev–Trinajstić information content (AvgIpc) is 3.15. The number of nitrogens with zero attached hydrogens (tertiary/aromatic N) is 2. The summed E-state index contributed by atoms with van der Waals surface area (Å²) in [5.74, 6) is -0.388. The maximum atomic E-state index is 12.3. The first-order valence-electron chi connectivity index (χ1n) is 7.25. The summed E-state index contributed by atoms with van der Waals surface area (Å²) in [4.78, 5) is 40.7. The number of anilines is 2. The molecule has 120 valence electrons. The smallest absolute Gasteiger partial charge is 0.262 e. The Balaban J connectivity index is 1.52. The zero-order chi connectivity index (χ0) is 16.7. The fourth-order valence-corrected chi connectivity index (χ4v) is 3.39. The molecule has 2 aromatic heterocycles. The lowest BCUT2D eigenvalue weighted by molar-refractivity contribution is -0.117. The number of fused-ring (bicyclic) bond motifs is 2. The molecule has 7 nitrogen and oxygen atoms in total. The lowest BCUT2D eigenvalue weighted by Gasteiger charge is -2.08. The van der Waals surface area contributed by atoms with Gasteiger partial charge < -0.3 is 10.6 Å². The third-order valence-corrected chi connectivity index (χ3v) is 4.60. The molecule has 0 bridgehead atoms. The number of hydrogen-bond acceptors (Lipinski definition) is 5. The molecule has 0 spiro atoms. The first-order chi connectivity index (χ1) is 11.6. The van der Waals surface area contributed by atoms with Crippen molar-refractivity contribution in [3.63, 3.8) is 0 Å². The molecule has 0 saturated carbocycles. The van der Waals surface area contributed by atoms with Crippen LogP contribution in [0.1, 0.15) is 5.56 Å². The van der Waals surface area contributed by atoms with Crippen LogP contribution in [0.3, 0.4) is 0 Å². The van der Waals surface area contributed by atoms with Gasteiger partial charge in [0.25, 0.3) is 5.56 Å². The lowest BCUT2D eigenvalue weighted by atomic mass is 10.1. The van der Waals surface area contributed by atoms with Crippen LogP contribution in [-0.2, 0) is 22.6 Å². The minimum absolute atomic E-state index is 0.0600. The Hall–Kier alpha value is -3.00. The molecule has 0 fully saturated rings. The van der Waals surface area contributed by atoms with Crippen molar-refractivity contribution < 1.29 is 9.59 Å². The Labute approximate surface area is 139 Å². The molecule has 3 aromatic rings. The highest BCUT2D eigenvalue weighted by Crippen LogP contribution is 2.25. The van der Waals surface area contributed by atoms with Gasteiger partial charge in [0, 0.05) is 11.4 Å². The molecule has 0 atom stereocenters. The molecule has 2 N–H and O–H groups in total. The van der Waals surface area contributed by atoms with E-state index in [1.807, 2.05) is 0 Å². The number of rotatable bonds is 3. The van der Waals surface area contributed by atoms with E-state index < -0.39 is 0 Å². The first-order valence-corrected chi connectivity index (χ1v) is 8.13. The molecule has 4 rings (SSSR count). The largest absolute Gasteiger partial charge is 0.326 e. The Kier molecular flexibility index (Phi) is 3.39. The van der Waals surface area contributed by atoms with Crippen LogP contribution in [0.2, 0.25) is 0 Å². The van der Waals surface area contributed by atoms with Gasteiger partial charge in [-0.1, -0.05) is 0 Å². The van der Waals surface area contributed by atoms with Gasteiger partial charge in [-0.15, -0.1) is 11.3 Å². The summed E-state index contributed by atoms with van der Waals surface area (Å²) < 4.78 is 1.28. The number of nitrogens with one attached hydrogen (secondary N) is 2. The summed E-state index contributed by atoms with van der Waals surface area (Å²) in [6.07, 6.45) is 1.68. The van der Waals surface area contributed by atoms with Crippen molar-refractivity contribution in [2.45, 2.75) is 13.0 Å². The van der Waals surface area contributed by atoms with Crippen molar-refractivity contribution in [2.24, 2.45) is 0 Å². The predicted molar refractivity (Wildman–Crippen MR) is 91.3 cm³/mol. The third-order valence-electron chi connectivity index (χ3n) is 3.78. The van der Waals surface area contributed by atoms with Gasteiger partial charge in [0.1, 0.15) is 11.4 Å². The predicted octanol–water partition coefficient (Wildman–Crippen LogP) is 1.59. The van der Waals surface area contributed by atoms with E-state index in [-0.39, 0.29) is 23.9 Å². The van der Waals surface area contributed by atoms with E-state index in [4.69, 9.17) is 0 Å². The maximum absolute atomic E-state index is 12.3. The molecule has 2 amide bonds. The highest BCUT2D eigenvalue weighted by molar-refractivity contribution is 7.16. The van der Waals surface area contributed by atoms with Crippen molar-refractivity contribution >= 4 is 44.7 Å². The van der Waals surface area contributed by atoms with Gasteiger partial charge in [0.15, 0.2) is 0 Å². The van der Waals surface area contributed by atoms with E-state index in [0.29, 0.717) is 22.3 Å². The minimum Gasteiger partial charge on any atom is -0.326 e. The average molecular weight is 340 g/mol. The Morgan fingerprint density at radius 3 is 3.08 bits per heavy atom. The quantitative estimate of drug-likeness (QED) is 0.757. The highest BCUT2D eigenvalue weighted by atomic mass is 32.1. The van der Waals surface area contributed by atoms with Gasteiger partial charge in [0.05, 0.1) is 18.1 Å². The molecule has 0 unspecified atom stereocenters. The molecule has 1 aliphatic heterocycles. The summed E-state index contributed by atoms with van der Waals surface area (Å²) in [6, 6.07) is 6.93. The molecular formula is C16H12N4O3S. The van der Waals surface area contributed by atoms with E-state index in [1.165, 1.54) is 22.2 Å². The lowest BCUT2D eigenvalue weighted by Crippen LogP contribution is -2.27. The molecule has 0 saturated heterocycles. The second-order valence-electron chi connectivity index (χ2n) is 5.46. The number of carbonyl (C=O) groups excluding carboxylic acids is 2. The highest BCUT2D eigenvalue weighted by Gasteiger charge is 2.18. The number of hydrogen-bond donors (Lipinski definition) is 2. The van der Waals surface area contributed by atoms with Crippen molar-refractivity contribution in [3.05, 3.63) is 51.9 Å². The number of thiophene rings is 1. The van der Waals surface area contributed by atoms with Crippen LogP contribution < -0.4 is 16.2 Å². The standard InChI is InChI=1S/C16H12N4O3S/c21-13-6-9-5-10(1-2-12(9)19-13)18-14(22)7-20-8-17-15-11(16(20)23)3-4-24-15/h1-5,8H,6-7H2,(H,18,22)(H,19,21). The Morgan fingerprint density at radius 1 is 1.33 bits per heavy atom. The van der Waals surface area contributed by atoms with Gasteiger partial charge in [-0.3, -0.25) is 19.0 Å². The van der Waals surface area contributed by atoms with Gasteiger partial charge in [-0.2, -0.15) is 0 Å². The number of aromatic nitrogens is 2.